The normalized spacial score (nSPS) is 20.6. The maximum Gasteiger partial charge on any atom is 0.0607 e. The van der Waals surface area contributed by atoms with Crippen molar-refractivity contribution in [2.24, 2.45) is 5.92 Å². The molecule has 1 aromatic carbocycles. The highest BCUT2D eigenvalue weighted by molar-refractivity contribution is 5.15. The fraction of sp³-hybridized carbons (Fsp3) is 0.647. The lowest BCUT2D eigenvalue weighted by Crippen LogP contribution is -2.27. The lowest BCUT2D eigenvalue weighted by atomic mass is 9.89. The molecule has 1 heterocycles. The zero-order valence-corrected chi connectivity index (χ0v) is 12.1. The van der Waals surface area contributed by atoms with Crippen LogP contribution in [0, 0.1) is 5.92 Å². The van der Waals surface area contributed by atoms with Gasteiger partial charge in [0.25, 0.3) is 0 Å². The summed E-state index contributed by atoms with van der Waals surface area (Å²) in [6.07, 6.45) is 6.54. The van der Waals surface area contributed by atoms with E-state index in [9.17, 15) is 0 Å². The molecule has 0 unspecified atom stereocenters. The van der Waals surface area contributed by atoms with Gasteiger partial charge in [0.2, 0.25) is 0 Å². The van der Waals surface area contributed by atoms with Crippen LogP contribution in [0.3, 0.4) is 0 Å². The fourth-order valence-electron chi connectivity index (χ4n) is 2.90. The number of benzene rings is 1. The highest BCUT2D eigenvalue weighted by Gasteiger charge is 2.25. The zero-order chi connectivity index (χ0) is 13.3. The molecule has 1 N–H and O–H groups in total. The molecule has 1 aromatic rings. The molecule has 2 heteroatoms. The van der Waals surface area contributed by atoms with Crippen molar-refractivity contribution >= 4 is 0 Å². The van der Waals surface area contributed by atoms with Crippen molar-refractivity contribution in [2.45, 2.75) is 45.1 Å². The Labute approximate surface area is 117 Å². The average molecular weight is 261 g/mol. The predicted molar refractivity (Wildman–Crippen MR) is 80.4 cm³/mol. The largest absolute Gasteiger partial charge is 0.378 e. The van der Waals surface area contributed by atoms with E-state index in [0.29, 0.717) is 12.0 Å². The quantitative estimate of drug-likeness (QED) is 0.724. The molecule has 1 aliphatic heterocycles. The van der Waals surface area contributed by atoms with Crippen LogP contribution in [0.2, 0.25) is 0 Å². The molecule has 0 amide bonds. The van der Waals surface area contributed by atoms with Crippen LogP contribution in [-0.4, -0.2) is 25.8 Å². The Morgan fingerprint density at radius 3 is 2.79 bits per heavy atom. The summed E-state index contributed by atoms with van der Waals surface area (Å²) in [7, 11) is 0. The molecule has 0 saturated carbocycles. The number of nitrogens with one attached hydrogen (secondary N) is 1. The number of rotatable bonds is 8. The van der Waals surface area contributed by atoms with Crippen LogP contribution >= 0.6 is 0 Å². The molecular formula is C17H27NO. The Morgan fingerprint density at radius 1 is 1.26 bits per heavy atom. The maximum absolute atomic E-state index is 5.92. The second-order valence-electron chi connectivity index (χ2n) is 5.54. The molecule has 2 rings (SSSR count). The summed E-state index contributed by atoms with van der Waals surface area (Å²) in [4.78, 5) is 0. The number of hydrogen-bond donors (Lipinski definition) is 1. The van der Waals surface area contributed by atoms with E-state index >= 15 is 0 Å². The van der Waals surface area contributed by atoms with Gasteiger partial charge in [-0.25, -0.2) is 0 Å². The van der Waals surface area contributed by atoms with Crippen molar-refractivity contribution in [3.63, 3.8) is 0 Å². The monoisotopic (exact) mass is 261 g/mol. The van der Waals surface area contributed by atoms with Crippen LogP contribution in [0.15, 0.2) is 30.3 Å². The van der Waals surface area contributed by atoms with Crippen molar-refractivity contribution in [1.82, 2.24) is 5.32 Å². The molecule has 1 saturated heterocycles. The number of ether oxygens (including phenoxy) is 1. The predicted octanol–water partition coefficient (Wildman–Crippen LogP) is 3.41. The highest BCUT2D eigenvalue weighted by atomic mass is 16.5. The van der Waals surface area contributed by atoms with E-state index in [-0.39, 0.29) is 0 Å². The van der Waals surface area contributed by atoms with Crippen molar-refractivity contribution < 1.29 is 4.74 Å². The van der Waals surface area contributed by atoms with Gasteiger partial charge in [0.15, 0.2) is 0 Å². The first kappa shape index (κ1) is 14.5. The molecule has 1 aliphatic rings. The maximum atomic E-state index is 5.92. The molecule has 0 bridgehead atoms. The lowest BCUT2D eigenvalue weighted by molar-refractivity contribution is 0.0595. The van der Waals surface area contributed by atoms with Gasteiger partial charge < -0.3 is 10.1 Å². The lowest BCUT2D eigenvalue weighted by Gasteiger charge is -2.23. The van der Waals surface area contributed by atoms with Gasteiger partial charge in [-0.2, -0.15) is 0 Å². The minimum Gasteiger partial charge on any atom is -0.378 e. The molecule has 0 spiro atoms. The second-order valence-corrected chi connectivity index (χ2v) is 5.54. The Bertz CT molecular complexity index is 332. The van der Waals surface area contributed by atoms with E-state index in [1.807, 2.05) is 0 Å². The third-order valence-corrected chi connectivity index (χ3v) is 3.95. The minimum absolute atomic E-state index is 0.476. The first-order valence-corrected chi connectivity index (χ1v) is 7.76. The topological polar surface area (TPSA) is 21.3 Å². The van der Waals surface area contributed by atoms with E-state index in [1.165, 1.54) is 31.2 Å². The Morgan fingerprint density at radius 2 is 2.11 bits per heavy atom. The van der Waals surface area contributed by atoms with Gasteiger partial charge in [0.1, 0.15) is 0 Å². The minimum atomic E-state index is 0.476. The molecule has 0 radical (unpaired) electrons. The summed E-state index contributed by atoms with van der Waals surface area (Å²) >= 11 is 0. The SMILES string of the molecule is CCCNCC[C@@H](Cc1ccccc1)[C@@H]1CCCO1. The van der Waals surface area contributed by atoms with Crippen LogP contribution in [0.5, 0.6) is 0 Å². The van der Waals surface area contributed by atoms with Gasteiger partial charge in [-0.05, 0) is 56.7 Å². The van der Waals surface area contributed by atoms with Crippen LogP contribution in [0.25, 0.3) is 0 Å². The molecule has 2 nitrogen and oxygen atoms in total. The van der Waals surface area contributed by atoms with E-state index in [1.54, 1.807) is 0 Å². The van der Waals surface area contributed by atoms with Gasteiger partial charge in [-0.15, -0.1) is 0 Å². The molecule has 0 aromatic heterocycles. The molecule has 19 heavy (non-hydrogen) atoms. The van der Waals surface area contributed by atoms with Crippen molar-refractivity contribution in [3.05, 3.63) is 35.9 Å². The molecule has 2 atom stereocenters. The van der Waals surface area contributed by atoms with E-state index in [0.717, 1.165) is 26.1 Å². The molecule has 0 aliphatic carbocycles. The van der Waals surface area contributed by atoms with Crippen molar-refractivity contribution in [2.75, 3.05) is 19.7 Å². The first-order chi connectivity index (χ1) is 9.40. The van der Waals surface area contributed by atoms with Crippen LogP contribution in [0.4, 0.5) is 0 Å². The van der Waals surface area contributed by atoms with Crippen molar-refractivity contribution in [1.29, 1.82) is 0 Å². The summed E-state index contributed by atoms with van der Waals surface area (Å²) in [6, 6.07) is 10.8. The summed E-state index contributed by atoms with van der Waals surface area (Å²) < 4.78 is 5.92. The smallest absolute Gasteiger partial charge is 0.0607 e. The Hall–Kier alpha value is -0.860. The number of hydrogen-bond acceptors (Lipinski definition) is 2. The summed E-state index contributed by atoms with van der Waals surface area (Å²) in [5, 5.41) is 3.52. The second kappa shape index (κ2) is 8.34. The Balaban J connectivity index is 1.86. The standard InChI is InChI=1S/C17H27NO/c1-2-11-18-12-10-16(17-9-6-13-19-17)14-15-7-4-3-5-8-15/h3-5,7-8,16-18H,2,6,9-14H2,1H3/t16-,17-/m0/s1. The highest BCUT2D eigenvalue weighted by Crippen LogP contribution is 2.26. The summed E-state index contributed by atoms with van der Waals surface area (Å²) in [5.41, 5.74) is 1.44. The van der Waals surface area contributed by atoms with E-state index < -0.39 is 0 Å². The van der Waals surface area contributed by atoms with Gasteiger partial charge in [-0.3, -0.25) is 0 Å². The van der Waals surface area contributed by atoms with Crippen LogP contribution in [-0.2, 0) is 11.2 Å². The third kappa shape index (κ3) is 4.96. The summed E-state index contributed by atoms with van der Waals surface area (Å²) in [5.74, 6) is 0.661. The van der Waals surface area contributed by atoms with Gasteiger partial charge in [0, 0.05) is 6.61 Å². The first-order valence-electron chi connectivity index (χ1n) is 7.76. The Kier molecular flexibility index (Phi) is 6.38. The zero-order valence-electron chi connectivity index (χ0n) is 12.1. The molecule has 1 fully saturated rings. The van der Waals surface area contributed by atoms with E-state index in [2.05, 4.69) is 42.6 Å². The third-order valence-electron chi connectivity index (χ3n) is 3.95. The fourth-order valence-corrected chi connectivity index (χ4v) is 2.90. The van der Waals surface area contributed by atoms with E-state index in [4.69, 9.17) is 4.74 Å². The van der Waals surface area contributed by atoms with Crippen LogP contribution in [0.1, 0.15) is 38.2 Å². The molecule has 106 valence electrons. The molecular weight excluding hydrogens is 234 g/mol. The van der Waals surface area contributed by atoms with Crippen molar-refractivity contribution in [3.8, 4) is 0 Å². The van der Waals surface area contributed by atoms with Gasteiger partial charge >= 0.3 is 0 Å². The van der Waals surface area contributed by atoms with Crippen LogP contribution < -0.4 is 5.32 Å². The average Bonchev–Trinajstić information content (AvgIpc) is 2.97. The van der Waals surface area contributed by atoms with Gasteiger partial charge in [-0.1, -0.05) is 37.3 Å². The van der Waals surface area contributed by atoms with Gasteiger partial charge in [0.05, 0.1) is 6.10 Å². The summed E-state index contributed by atoms with van der Waals surface area (Å²) in [6.45, 7) is 5.42.